The van der Waals surface area contributed by atoms with E-state index in [1.54, 1.807) is 0 Å². The van der Waals surface area contributed by atoms with Crippen LogP contribution in [0.3, 0.4) is 0 Å². The molecule has 1 N–H and O–H groups in total. The van der Waals surface area contributed by atoms with Crippen LogP contribution in [0.1, 0.15) is 58.1 Å². The Balaban J connectivity index is 2.15. The summed E-state index contributed by atoms with van der Waals surface area (Å²) in [4.78, 5) is 2.63. The van der Waals surface area contributed by atoms with Crippen LogP contribution in [-0.4, -0.2) is 40.4 Å². The molecule has 0 spiro atoms. The van der Waals surface area contributed by atoms with Gasteiger partial charge in [0.2, 0.25) is 0 Å². The van der Waals surface area contributed by atoms with Crippen molar-refractivity contribution < 1.29 is 0 Å². The molecular weight excluding hydrogens is 248 g/mol. The number of aromatic nitrogens is 2. The number of aryl methyl sites for hydroxylation is 1. The third-order valence-corrected chi connectivity index (χ3v) is 4.61. The van der Waals surface area contributed by atoms with Gasteiger partial charge in [0.25, 0.3) is 0 Å². The number of likely N-dealkylation sites (tertiary alicyclic amines) is 1. The predicted molar refractivity (Wildman–Crippen MR) is 83.8 cm³/mol. The summed E-state index contributed by atoms with van der Waals surface area (Å²) in [5.41, 5.74) is 1.42. The van der Waals surface area contributed by atoms with Gasteiger partial charge in [-0.05, 0) is 53.2 Å². The highest BCUT2D eigenvalue weighted by molar-refractivity contribution is 5.16. The summed E-state index contributed by atoms with van der Waals surface area (Å²) in [6, 6.07) is 0.325. The molecule has 0 bridgehead atoms. The Bertz CT molecular complexity index is 404. The highest BCUT2D eigenvalue weighted by Gasteiger charge is 2.36. The minimum atomic E-state index is 0.120. The third-order valence-electron chi connectivity index (χ3n) is 4.61. The molecule has 1 aromatic heterocycles. The first-order chi connectivity index (χ1) is 9.59. The fourth-order valence-corrected chi connectivity index (χ4v) is 3.46. The molecule has 1 unspecified atom stereocenters. The van der Waals surface area contributed by atoms with Gasteiger partial charge >= 0.3 is 0 Å². The van der Waals surface area contributed by atoms with Gasteiger partial charge in [-0.3, -0.25) is 9.58 Å². The SMILES string of the molecule is CCCn1cc(C(NC)C(C)(C)N2CCCCC2)cn1. The van der Waals surface area contributed by atoms with Gasteiger partial charge in [-0.2, -0.15) is 5.10 Å². The van der Waals surface area contributed by atoms with Gasteiger partial charge in [0.15, 0.2) is 0 Å². The highest BCUT2D eigenvalue weighted by Crippen LogP contribution is 2.32. The van der Waals surface area contributed by atoms with Crippen LogP contribution >= 0.6 is 0 Å². The number of hydrogen-bond acceptors (Lipinski definition) is 3. The van der Waals surface area contributed by atoms with Crippen molar-refractivity contribution in [2.45, 2.75) is 64.6 Å². The summed E-state index contributed by atoms with van der Waals surface area (Å²) in [7, 11) is 2.06. The van der Waals surface area contributed by atoms with Crippen molar-refractivity contribution in [2.75, 3.05) is 20.1 Å². The summed E-state index contributed by atoms with van der Waals surface area (Å²) in [6.07, 6.45) is 9.40. The van der Waals surface area contributed by atoms with Crippen LogP contribution in [-0.2, 0) is 6.54 Å². The quantitative estimate of drug-likeness (QED) is 0.868. The van der Waals surface area contributed by atoms with Gasteiger partial charge in [-0.25, -0.2) is 0 Å². The van der Waals surface area contributed by atoms with E-state index < -0.39 is 0 Å². The van der Waals surface area contributed by atoms with Crippen molar-refractivity contribution in [3.8, 4) is 0 Å². The average Bonchev–Trinajstić information content (AvgIpc) is 2.89. The van der Waals surface area contributed by atoms with Crippen LogP contribution < -0.4 is 5.32 Å². The zero-order valence-corrected chi connectivity index (χ0v) is 13.5. The molecule has 20 heavy (non-hydrogen) atoms. The summed E-state index contributed by atoms with van der Waals surface area (Å²) < 4.78 is 2.06. The molecule has 0 radical (unpaired) electrons. The maximum Gasteiger partial charge on any atom is 0.0538 e. The fourth-order valence-electron chi connectivity index (χ4n) is 3.46. The van der Waals surface area contributed by atoms with Crippen molar-refractivity contribution in [3.05, 3.63) is 18.0 Å². The molecule has 1 fully saturated rings. The molecule has 1 atom stereocenters. The molecular formula is C16H30N4. The molecule has 4 heteroatoms. The van der Waals surface area contributed by atoms with Crippen LogP contribution in [0.5, 0.6) is 0 Å². The Hall–Kier alpha value is -0.870. The number of rotatable bonds is 6. The lowest BCUT2D eigenvalue weighted by Gasteiger charge is -2.45. The smallest absolute Gasteiger partial charge is 0.0538 e. The van der Waals surface area contributed by atoms with E-state index in [9.17, 15) is 0 Å². The van der Waals surface area contributed by atoms with Crippen LogP contribution in [0.15, 0.2) is 12.4 Å². The first kappa shape index (κ1) is 15.5. The third kappa shape index (κ3) is 3.23. The van der Waals surface area contributed by atoms with Crippen LogP contribution in [0.25, 0.3) is 0 Å². The molecule has 2 rings (SSSR count). The summed E-state index contributed by atoms with van der Waals surface area (Å²) in [6.45, 7) is 10.3. The van der Waals surface area contributed by atoms with Crippen molar-refractivity contribution in [3.63, 3.8) is 0 Å². The second-order valence-electron chi connectivity index (χ2n) is 6.46. The minimum Gasteiger partial charge on any atom is -0.311 e. The van der Waals surface area contributed by atoms with E-state index in [2.05, 4.69) is 54.0 Å². The van der Waals surface area contributed by atoms with Crippen molar-refractivity contribution in [1.29, 1.82) is 0 Å². The van der Waals surface area contributed by atoms with E-state index in [1.165, 1.54) is 37.9 Å². The van der Waals surface area contributed by atoms with Gasteiger partial charge in [-0.15, -0.1) is 0 Å². The van der Waals surface area contributed by atoms with E-state index in [0.29, 0.717) is 6.04 Å². The van der Waals surface area contributed by atoms with Crippen molar-refractivity contribution >= 4 is 0 Å². The van der Waals surface area contributed by atoms with Gasteiger partial charge < -0.3 is 5.32 Å². The van der Waals surface area contributed by atoms with Gasteiger partial charge in [0.1, 0.15) is 0 Å². The second-order valence-corrected chi connectivity index (χ2v) is 6.46. The normalized spacial score (nSPS) is 19.2. The molecule has 4 nitrogen and oxygen atoms in total. The monoisotopic (exact) mass is 278 g/mol. The largest absolute Gasteiger partial charge is 0.311 e. The maximum atomic E-state index is 4.49. The van der Waals surface area contributed by atoms with Gasteiger partial charge in [-0.1, -0.05) is 13.3 Å². The molecule has 0 amide bonds. The van der Waals surface area contributed by atoms with E-state index in [1.807, 2.05) is 6.20 Å². The molecule has 1 aliphatic rings. The lowest BCUT2D eigenvalue weighted by Crippen LogP contribution is -2.53. The topological polar surface area (TPSA) is 33.1 Å². The molecule has 1 saturated heterocycles. The van der Waals surface area contributed by atoms with Crippen molar-refractivity contribution in [1.82, 2.24) is 20.0 Å². The van der Waals surface area contributed by atoms with Crippen LogP contribution in [0.2, 0.25) is 0 Å². The first-order valence-corrected chi connectivity index (χ1v) is 8.04. The Morgan fingerprint density at radius 1 is 1.30 bits per heavy atom. The second kappa shape index (κ2) is 6.72. The number of piperidine rings is 1. The molecule has 1 aromatic rings. The number of nitrogens with one attached hydrogen (secondary N) is 1. The maximum absolute atomic E-state index is 4.49. The predicted octanol–water partition coefficient (Wildman–Crippen LogP) is 2.82. The first-order valence-electron chi connectivity index (χ1n) is 8.04. The number of hydrogen-bond donors (Lipinski definition) is 1. The van der Waals surface area contributed by atoms with Gasteiger partial charge in [0, 0.05) is 23.8 Å². The van der Waals surface area contributed by atoms with E-state index in [0.717, 1.165) is 13.0 Å². The molecule has 0 aliphatic carbocycles. The zero-order valence-electron chi connectivity index (χ0n) is 13.5. The fraction of sp³-hybridized carbons (Fsp3) is 0.812. The average molecular weight is 278 g/mol. The van der Waals surface area contributed by atoms with E-state index >= 15 is 0 Å². The van der Waals surface area contributed by atoms with E-state index in [-0.39, 0.29) is 5.54 Å². The Morgan fingerprint density at radius 2 is 2.00 bits per heavy atom. The number of nitrogens with zero attached hydrogens (tertiary/aromatic N) is 3. The van der Waals surface area contributed by atoms with Crippen LogP contribution in [0, 0.1) is 0 Å². The summed E-state index contributed by atoms with van der Waals surface area (Å²) >= 11 is 0. The van der Waals surface area contributed by atoms with E-state index in [4.69, 9.17) is 0 Å². The Kier molecular flexibility index (Phi) is 5.22. The highest BCUT2D eigenvalue weighted by atomic mass is 15.3. The summed E-state index contributed by atoms with van der Waals surface area (Å²) in [5.74, 6) is 0. The van der Waals surface area contributed by atoms with Gasteiger partial charge in [0.05, 0.1) is 12.2 Å². The standard InChI is InChI=1S/C16H30N4/c1-5-9-20-13-14(12-18-20)15(17-4)16(2,3)19-10-7-6-8-11-19/h12-13,15,17H,5-11H2,1-4H3. The Labute approximate surface area is 123 Å². The van der Waals surface area contributed by atoms with Crippen molar-refractivity contribution in [2.24, 2.45) is 0 Å². The molecule has 0 aromatic carbocycles. The minimum absolute atomic E-state index is 0.120. The molecule has 2 heterocycles. The van der Waals surface area contributed by atoms with Crippen LogP contribution in [0.4, 0.5) is 0 Å². The number of likely N-dealkylation sites (N-methyl/N-ethyl adjacent to an activating group) is 1. The lowest BCUT2D eigenvalue weighted by molar-refractivity contribution is 0.0632. The lowest BCUT2D eigenvalue weighted by atomic mass is 9.87. The zero-order chi connectivity index (χ0) is 14.6. The molecule has 0 saturated carbocycles. The molecule has 114 valence electrons. The Morgan fingerprint density at radius 3 is 2.60 bits per heavy atom. The molecule has 1 aliphatic heterocycles. The summed E-state index contributed by atoms with van der Waals surface area (Å²) in [5, 5.41) is 8.01.